The summed E-state index contributed by atoms with van der Waals surface area (Å²) >= 11 is 2.72. The maximum atomic E-state index is 12.4. The van der Waals surface area contributed by atoms with Gasteiger partial charge in [0.1, 0.15) is 12.3 Å². The minimum atomic E-state index is -1.08. The molecule has 0 bridgehead atoms. The Hall–Kier alpha value is -2.08. The largest absolute Gasteiger partial charge is 0.481 e. The van der Waals surface area contributed by atoms with Gasteiger partial charge in [-0.15, -0.1) is 0 Å². The second kappa shape index (κ2) is 9.22. The number of carboxylic acids is 1. The first-order valence-corrected chi connectivity index (χ1v) is 9.66. The molecule has 2 rings (SSSR count). The van der Waals surface area contributed by atoms with Crippen molar-refractivity contribution in [1.82, 2.24) is 4.90 Å². The molecule has 2 amide bonds. The molecule has 0 radical (unpaired) electrons. The first-order chi connectivity index (χ1) is 12.7. The first kappa shape index (κ1) is 21.2. The molecule has 0 spiro atoms. The van der Waals surface area contributed by atoms with E-state index in [-0.39, 0.29) is 11.0 Å². The van der Waals surface area contributed by atoms with Crippen molar-refractivity contribution in [2.75, 3.05) is 13.2 Å². The lowest BCUT2D eigenvalue weighted by atomic mass is 10.2. The Morgan fingerprint density at radius 3 is 2.63 bits per heavy atom. The van der Waals surface area contributed by atoms with Crippen LogP contribution in [0.15, 0.2) is 23.1 Å². The van der Waals surface area contributed by atoms with Crippen LogP contribution in [0.5, 0.6) is 5.75 Å². The number of hydrogen-bond acceptors (Lipinski definition) is 7. The van der Waals surface area contributed by atoms with Gasteiger partial charge < -0.3 is 14.6 Å². The third-order valence-electron chi connectivity index (χ3n) is 3.13. The van der Waals surface area contributed by atoms with Gasteiger partial charge in [0.2, 0.25) is 0 Å². The fraction of sp³-hybridized carbons (Fsp3) is 0.294. The van der Waals surface area contributed by atoms with E-state index in [1.54, 1.807) is 32.0 Å². The van der Waals surface area contributed by atoms with Gasteiger partial charge in [0.15, 0.2) is 6.61 Å². The molecule has 0 aliphatic carbocycles. The average molecular weight is 505 g/mol. The first-order valence-electron chi connectivity index (χ1n) is 7.76. The number of imide groups is 1. The zero-order valence-corrected chi connectivity index (χ0v) is 17.4. The van der Waals surface area contributed by atoms with Crippen LogP contribution in [0.4, 0.5) is 4.79 Å². The lowest BCUT2D eigenvalue weighted by Crippen LogP contribution is -2.35. The summed E-state index contributed by atoms with van der Waals surface area (Å²) in [5.41, 5.74) is 0.636. The molecule has 0 aromatic heterocycles. The quantitative estimate of drug-likeness (QED) is 0.342. The number of carbonyl (C=O) groups excluding carboxylic acids is 3. The second-order valence-electron chi connectivity index (χ2n) is 5.68. The molecule has 1 N–H and O–H groups in total. The maximum absolute atomic E-state index is 12.4. The standard InChI is InChI=1S/C17H16INO7S/c1-9(2)26-15(22)7-19-16(23)13(27-17(19)24)6-10-3-4-12(11(18)5-10)25-8-14(20)21/h3-6,9H,7-8H2,1-2H3,(H,20,21)/b13-6+. The summed E-state index contributed by atoms with van der Waals surface area (Å²) in [6.45, 7) is 2.47. The van der Waals surface area contributed by atoms with Gasteiger partial charge in [-0.05, 0) is 72.0 Å². The van der Waals surface area contributed by atoms with Crippen molar-refractivity contribution in [3.8, 4) is 5.75 Å². The molecule has 0 unspecified atom stereocenters. The normalized spacial score (nSPS) is 15.6. The molecule has 27 heavy (non-hydrogen) atoms. The number of amides is 2. The van der Waals surface area contributed by atoms with E-state index >= 15 is 0 Å². The Bertz CT molecular complexity index is 821. The molecule has 1 saturated heterocycles. The summed E-state index contributed by atoms with van der Waals surface area (Å²) < 4.78 is 10.8. The van der Waals surface area contributed by atoms with Crippen LogP contribution in [0, 0.1) is 3.57 Å². The number of halogens is 1. The van der Waals surface area contributed by atoms with Crippen molar-refractivity contribution in [2.45, 2.75) is 20.0 Å². The lowest BCUT2D eigenvalue weighted by molar-refractivity contribution is -0.149. The molecule has 0 atom stereocenters. The number of nitrogens with zero attached hydrogens (tertiary/aromatic N) is 1. The second-order valence-corrected chi connectivity index (χ2v) is 7.83. The number of ether oxygens (including phenoxy) is 2. The van der Waals surface area contributed by atoms with Crippen LogP contribution >= 0.6 is 34.4 Å². The Kier molecular flexibility index (Phi) is 7.25. The van der Waals surface area contributed by atoms with Crippen molar-refractivity contribution < 1.29 is 33.8 Å². The third-order valence-corrected chi connectivity index (χ3v) is 4.88. The van der Waals surface area contributed by atoms with E-state index in [1.807, 2.05) is 22.6 Å². The lowest BCUT2D eigenvalue weighted by Gasteiger charge is -2.13. The number of thioether (sulfide) groups is 1. The number of benzene rings is 1. The fourth-order valence-corrected chi connectivity index (χ4v) is 3.61. The molecule has 144 valence electrons. The Morgan fingerprint density at radius 2 is 2.04 bits per heavy atom. The van der Waals surface area contributed by atoms with E-state index in [0.29, 0.717) is 14.9 Å². The Balaban J connectivity index is 2.11. The van der Waals surface area contributed by atoms with Crippen molar-refractivity contribution in [2.24, 2.45) is 0 Å². The molecule has 8 nitrogen and oxygen atoms in total. The van der Waals surface area contributed by atoms with Gasteiger partial charge >= 0.3 is 11.9 Å². The van der Waals surface area contributed by atoms with E-state index in [1.165, 1.54) is 6.08 Å². The zero-order valence-electron chi connectivity index (χ0n) is 14.4. The number of aliphatic carboxylic acids is 1. The third kappa shape index (κ3) is 5.96. The number of rotatable bonds is 7. The molecule has 1 aliphatic rings. The van der Waals surface area contributed by atoms with Gasteiger partial charge in [-0.25, -0.2) is 4.79 Å². The summed E-state index contributed by atoms with van der Waals surface area (Å²) in [6, 6.07) is 4.92. The minimum absolute atomic E-state index is 0.187. The highest BCUT2D eigenvalue weighted by Gasteiger charge is 2.36. The highest BCUT2D eigenvalue weighted by atomic mass is 127. The molecule has 1 aromatic rings. The smallest absolute Gasteiger partial charge is 0.341 e. The van der Waals surface area contributed by atoms with E-state index < -0.39 is 36.2 Å². The summed E-state index contributed by atoms with van der Waals surface area (Å²) in [6.07, 6.45) is 1.19. The van der Waals surface area contributed by atoms with Crippen LogP contribution in [0.1, 0.15) is 19.4 Å². The fourth-order valence-electron chi connectivity index (χ4n) is 2.08. The minimum Gasteiger partial charge on any atom is -0.481 e. The van der Waals surface area contributed by atoms with Crippen LogP contribution in [-0.2, 0) is 19.1 Å². The monoisotopic (exact) mass is 505 g/mol. The van der Waals surface area contributed by atoms with Gasteiger partial charge in [-0.2, -0.15) is 0 Å². The van der Waals surface area contributed by atoms with E-state index in [4.69, 9.17) is 14.6 Å². The van der Waals surface area contributed by atoms with Crippen LogP contribution in [0.2, 0.25) is 0 Å². The van der Waals surface area contributed by atoms with Crippen LogP contribution in [-0.4, -0.2) is 52.3 Å². The molecular formula is C17H16INO7S. The molecule has 1 aromatic carbocycles. The van der Waals surface area contributed by atoms with Gasteiger partial charge in [-0.3, -0.25) is 19.3 Å². The van der Waals surface area contributed by atoms with Crippen molar-refractivity contribution in [3.63, 3.8) is 0 Å². The van der Waals surface area contributed by atoms with Gasteiger partial charge in [0, 0.05) is 0 Å². The van der Waals surface area contributed by atoms with E-state index in [2.05, 4.69) is 0 Å². The van der Waals surface area contributed by atoms with Gasteiger partial charge in [-0.1, -0.05) is 6.07 Å². The number of carboxylic acid groups (broad SMARTS) is 1. The Morgan fingerprint density at radius 1 is 1.33 bits per heavy atom. The maximum Gasteiger partial charge on any atom is 0.341 e. The molecular weight excluding hydrogens is 489 g/mol. The molecule has 10 heteroatoms. The number of hydrogen-bond donors (Lipinski definition) is 1. The zero-order chi connectivity index (χ0) is 20.1. The van der Waals surface area contributed by atoms with Crippen molar-refractivity contribution in [1.29, 1.82) is 0 Å². The van der Waals surface area contributed by atoms with Crippen LogP contribution < -0.4 is 4.74 Å². The topological polar surface area (TPSA) is 110 Å². The van der Waals surface area contributed by atoms with Crippen LogP contribution in [0.3, 0.4) is 0 Å². The summed E-state index contributed by atoms with van der Waals surface area (Å²) in [4.78, 5) is 47.7. The highest BCUT2D eigenvalue weighted by Crippen LogP contribution is 2.33. The predicted octanol–water partition coefficient (Wildman–Crippen LogP) is 2.74. The summed E-state index contributed by atoms with van der Waals surface area (Å²) in [7, 11) is 0. The van der Waals surface area contributed by atoms with Gasteiger partial charge in [0.25, 0.3) is 11.1 Å². The molecule has 1 heterocycles. The number of carbonyl (C=O) groups is 4. The highest BCUT2D eigenvalue weighted by molar-refractivity contribution is 14.1. The average Bonchev–Trinajstić information content (AvgIpc) is 2.80. The predicted molar refractivity (Wildman–Crippen MR) is 106 cm³/mol. The molecule has 1 aliphatic heterocycles. The summed E-state index contributed by atoms with van der Waals surface area (Å²) in [5.74, 6) is -1.89. The van der Waals surface area contributed by atoms with E-state index in [0.717, 1.165) is 16.7 Å². The summed E-state index contributed by atoms with van der Waals surface area (Å²) in [5, 5.41) is 8.11. The SMILES string of the molecule is CC(C)OC(=O)CN1C(=O)S/C(=C/c2ccc(OCC(=O)O)c(I)c2)C1=O. The Labute approximate surface area is 173 Å². The van der Waals surface area contributed by atoms with Gasteiger partial charge in [0.05, 0.1) is 14.6 Å². The van der Waals surface area contributed by atoms with Crippen molar-refractivity contribution >= 4 is 63.5 Å². The van der Waals surface area contributed by atoms with Crippen LogP contribution in [0.25, 0.3) is 6.08 Å². The number of esters is 1. The molecule has 1 fully saturated rings. The van der Waals surface area contributed by atoms with Crippen molar-refractivity contribution in [3.05, 3.63) is 32.2 Å². The van der Waals surface area contributed by atoms with E-state index in [9.17, 15) is 19.2 Å². The molecule has 0 saturated carbocycles.